The molecule has 0 heterocycles. The van der Waals surface area contributed by atoms with Crippen LogP contribution >= 0.6 is 0 Å². The van der Waals surface area contributed by atoms with Gasteiger partial charge < -0.3 is 10.2 Å². The van der Waals surface area contributed by atoms with E-state index in [9.17, 15) is 9.59 Å². The molecule has 0 aromatic carbocycles. The summed E-state index contributed by atoms with van der Waals surface area (Å²) in [7, 11) is 0. The lowest BCUT2D eigenvalue weighted by atomic mass is 9.84. The van der Waals surface area contributed by atoms with Crippen LogP contribution in [0.4, 0.5) is 0 Å². The molecule has 1 saturated carbocycles. The summed E-state index contributed by atoms with van der Waals surface area (Å²) in [5.41, 5.74) is 0. The predicted octanol–water partition coefficient (Wildman–Crippen LogP) is 1.43. The zero-order chi connectivity index (χ0) is 12.8. The summed E-state index contributed by atoms with van der Waals surface area (Å²) in [4.78, 5) is 23.0. The highest BCUT2D eigenvalue weighted by Gasteiger charge is 2.27. The first-order chi connectivity index (χ1) is 8.02. The number of carbonyl (C=O) groups is 2. The Bertz CT molecular complexity index is 256. The van der Waals surface area contributed by atoms with Crippen molar-refractivity contribution in [3.63, 3.8) is 0 Å². The fraction of sp³-hybridized carbons (Fsp3) is 0.833. The number of nitrogens with zero attached hydrogens (tertiary/aromatic N) is 1. The van der Waals surface area contributed by atoms with E-state index in [-0.39, 0.29) is 19.1 Å². The molecule has 0 aliphatic heterocycles. The van der Waals surface area contributed by atoms with Crippen LogP contribution in [0, 0.1) is 5.92 Å². The Hall–Kier alpha value is -1.10. The second-order valence-electron chi connectivity index (χ2n) is 4.78. The number of hydrogen-bond donors (Lipinski definition) is 2. The minimum atomic E-state index is -0.955. The van der Waals surface area contributed by atoms with Crippen molar-refractivity contribution in [1.82, 2.24) is 4.90 Å². The molecule has 1 fully saturated rings. The smallest absolute Gasteiger partial charge is 0.317 e. The Kier molecular flexibility index (Phi) is 5.41. The molecule has 1 aliphatic carbocycles. The molecule has 0 spiro atoms. The first-order valence-corrected chi connectivity index (χ1v) is 6.20. The van der Waals surface area contributed by atoms with Gasteiger partial charge in [0, 0.05) is 6.04 Å². The molecule has 5 heteroatoms. The van der Waals surface area contributed by atoms with E-state index in [0.29, 0.717) is 0 Å². The summed E-state index contributed by atoms with van der Waals surface area (Å²) in [6.45, 7) is 1.82. The van der Waals surface area contributed by atoms with E-state index in [2.05, 4.69) is 6.92 Å². The van der Waals surface area contributed by atoms with Gasteiger partial charge in [0.05, 0.1) is 13.1 Å². The van der Waals surface area contributed by atoms with E-state index >= 15 is 0 Å². The number of rotatable bonds is 6. The summed E-state index contributed by atoms with van der Waals surface area (Å²) in [5.74, 6) is -1.18. The van der Waals surface area contributed by atoms with Crippen molar-refractivity contribution in [3.05, 3.63) is 0 Å². The molecule has 0 saturated heterocycles. The molecular weight excluding hydrogens is 222 g/mol. The Labute approximate surface area is 101 Å². The van der Waals surface area contributed by atoms with Gasteiger partial charge in [-0.15, -0.1) is 0 Å². The molecule has 0 bridgehead atoms. The SMILES string of the molecule is CCC1CCC(N(CC(=O)O)CC(=O)O)CC1. The average molecular weight is 243 g/mol. The van der Waals surface area contributed by atoms with Crippen molar-refractivity contribution in [2.24, 2.45) is 5.92 Å². The molecule has 0 amide bonds. The topological polar surface area (TPSA) is 77.8 Å². The van der Waals surface area contributed by atoms with E-state index in [1.54, 1.807) is 4.90 Å². The van der Waals surface area contributed by atoms with Crippen molar-refractivity contribution in [3.8, 4) is 0 Å². The quantitative estimate of drug-likeness (QED) is 0.737. The molecule has 1 aliphatic rings. The average Bonchev–Trinajstić information content (AvgIpc) is 2.27. The maximum atomic E-state index is 10.7. The monoisotopic (exact) mass is 243 g/mol. The van der Waals surface area contributed by atoms with E-state index in [1.165, 1.54) is 0 Å². The number of hydrogen-bond acceptors (Lipinski definition) is 3. The van der Waals surface area contributed by atoms with Gasteiger partial charge in [-0.2, -0.15) is 0 Å². The van der Waals surface area contributed by atoms with Crippen molar-refractivity contribution >= 4 is 11.9 Å². The lowest BCUT2D eigenvalue weighted by Crippen LogP contribution is -2.44. The molecule has 0 unspecified atom stereocenters. The Balaban J connectivity index is 2.52. The van der Waals surface area contributed by atoms with Crippen LogP contribution in [0.1, 0.15) is 39.0 Å². The molecule has 98 valence electrons. The molecule has 0 atom stereocenters. The molecule has 1 rings (SSSR count). The summed E-state index contributed by atoms with van der Waals surface area (Å²) >= 11 is 0. The predicted molar refractivity (Wildman–Crippen MR) is 62.9 cm³/mol. The van der Waals surface area contributed by atoms with E-state index in [4.69, 9.17) is 10.2 Å². The summed E-state index contributed by atoms with van der Waals surface area (Å²) < 4.78 is 0. The second kappa shape index (κ2) is 6.59. The highest BCUT2D eigenvalue weighted by molar-refractivity contribution is 5.72. The molecule has 0 aromatic rings. The van der Waals surface area contributed by atoms with Crippen LogP contribution in [-0.2, 0) is 9.59 Å². The van der Waals surface area contributed by atoms with Gasteiger partial charge >= 0.3 is 11.9 Å². The van der Waals surface area contributed by atoms with Gasteiger partial charge in [0.15, 0.2) is 0 Å². The molecule has 2 N–H and O–H groups in total. The highest BCUT2D eigenvalue weighted by atomic mass is 16.4. The summed E-state index contributed by atoms with van der Waals surface area (Å²) in [6.07, 6.45) is 5.15. The van der Waals surface area contributed by atoms with E-state index < -0.39 is 11.9 Å². The van der Waals surface area contributed by atoms with Crippen LogP contribution in [-0.4, -0.2) is 46.2 Å². The first kappa shape index (κ1) is 14.0. The molecular formula is C12H21NO4. The molecule has 5 nitrogen and oxygen atoms in total. The first-order valence-electron chi connectivity index (χ1n) is 6.20. The van der Waals surface area contributed by atoms with Crippen LogP contribution in [0.15, 0.2) is 0 Å². The fourth-order valence-electron chi connectivity index (χ4n) is 2.58. The fourth-order valence-corrected chi connectivity index (χ4v) is 2.58. The third-order valence-electron chi connectivity index (χ3n) is 3.59. The van der Waals surface area contributed by atoms with Crippen LogP contribution in [0.5, 0.6) is 0 Å². The third kappa shape index (κ3) is 4.73. The number of carboxylic acids is 2. The van der Waals surface area contributed by atoms with Crippen LogP contribution < -0.4 is 0 Å². The normalized spacial score (nSPS) is 24.8. The van der Waals surface area contributed by atoms with Gasteiger partial charge in [0.25, 0.3) is 0 Å². The zero-order valence-electron chi connectivity index (χ0n) is 10.3. The van der Waals surface area contributed by atoms with Gasteiger partial charge in [0.2, 0.25) is 0 Å². The zero-order valence-corrected chi connectivity index (χ0v) is 10.3. The van der Waals surface area contributed by atoms with Gasteiger partial charge in [-0.25, -0.2) is 0 Å². The summed E-state index contributed by atoms with van der Waals surface area (Å²) in [6, 6.07) is 0.116. The largest absolute Gasteiger partial charge is 0.480 e. The van der Waals surface area contributed by atoms with Crippen LogP contribution in [0.3, 0.4) is 0 Å². The lowest BCUT2D eigenvalue weighted by molar-refractivity contribution is -0.143. The van der Waals surface area contributed by atoms with Crippen LogP contribution in [0.25, 0.3) is 0 Å². The van der Waals surface area contributed by atoms with Crippen molar-refractivity contribution in [1.29, 1.82) is 0 Å². The number of aliphatic carboxylic acids is 2. The van der Waals surface area contributed by atoms with Gasteiger partial charge in [-0.3, -0.25) is 14.5 Å². The van der Waals surface area contributed by atoms with Gasteiger partial charge in [0.1, 0.15) is 0 Å². The molecule has 0 aromatic heterocycles. The van der Waals surface area contributed by atoms with Crippen molar-refractivity contribution < 1.29 is 19.8 Å². The number of carboxylic acid groups (broad SMARTS) is 2. The van der Waals surface area contributed by atoms with Crippen molar-refractivity contribution in [2.75, 3.05) is 13.1 Å². The van der Waals surface area contributed by atoms with Gasteiger partial charge in [-0.05, 0) is 31.6 Å². The molecule has 0 radical (unpaired) electrons. The molecule has 17 heavy (non-hydrogen) atoms. The minimum Gasteiger partial charge on any atom is -0.480 e. The third-order valence-corrected chi connectivity index (χ3v) is 3.59. The Morgan fingerprint density at radius 2 is 1.53 bits per heavy atom. The van der Waals surface area contributed by atoms with E-state index in [0.717, 1.165) is 38.0 Å². The Morgan fingerprint density at radius 1 is 1.06 bits per heavy atom. The maximum absolute atomic E-state index is 10.7. The van der Waals surface area contributed by atoms with E-state index in [1.807, 2.05) is 0 Å². The minimum absolute atomic E-state index is 0.116. The standard InChI is InChI=1S/C12H21NO4/c1-2-9-3-5-10(6-4-9)13(7-11(14)15)8-12(16)17/h9-10H,2-8H2,1H3,(H,14,15)(H,16,17). The second-order valence-corrected chi connectivity index (χ2v) is 4.78. The lowest BCUT2D eigenvalue weighted by Gasteiger charge is -2.35. The highest BCUT2D eigenvalue weighted by Crippen LogP contribution is 2.29. The summed E-state index contributed by atoms with van der Waals surface area (Å²) in [5, 5.41) is 17.6. The van der Waals surface area contributed by atoms with Gasteiger partial charge in [-0.1, -0.05) is 13.3 Å². The van der Waals surface area contributed by atoms with Crippen LogP contribution in [0.2, 0.25) is 0 Å². The Morgan fingerprint density at radius 3 is 1.88 bits per heavy atom. The van der Waals surface area contributed by atoms with Crippen molar-refractivity contribution in [2.45, 2.75) is 45.1 Å². The maximum Gasteiger partial charge on any atom is 0.317 e.